The number of rotatable bonds is 1. The molecule has 0 saturated heterocycles. The summed E-state index contributed by atoms with van der Waals surface area (Å²) in [4.78, 5) is 0.476. The van der Waals surface area contributed by atoms with E-state index >= 15 is 0 Å². The SMILES string of the molecule is Cc1cc(C(F)(F)F)ccc1C1CCC(Br)C1C. The van der Waals surface area contributed by atoms with Crippen molar-refractivity contribution in [2.75, 3.05) is 0 Å². The fourth-order valence-corrected chi connectivity index (χ4v) is 3.46. The summed E-state index contributed by atoms with van der Waals surface area (Å²) in [5.41, 5.74) is 1.27. The Labute approximate surface area is 114 Å². The van der Waals surface area contributed by atoms with Crippen LogP contribution in [0.15, 0.2) is 18.2 Å². The van der Waals surface area contributed by atoms with Crippen molar-refractivity contribution >= 4 is 15.9 Å². The van der Waals surface area contributed by atoms with Gasteiger partial charge in [0, 0.05) is 4.83 Å². The molecule has 100 valence electrons. The van der Waals surface area contributed by atoms with Crippen LogP contribution >= 0.6 is 15.9 Å². The molecule has 0 aliphatic heterocycles. The van der Waals surface area contributed by atoms with Gasteiger partial charge in [0.25, 0.3) is 0 Å². The number of hydrogen-bond acceptors (Lipinski definition) is 0. The Balaban J connectivity index is 2.31. The minimum atomic E-state index is -4.25. The minimum absolute atomic E-state index is 0.372. The van der Waals surface area contributed by atoms with Crippen LogP contribution in [0.5, 0.6) is 0 Å². The topological polar surface area (TPSA) is 0 Å². The van der Waals surface area contributed by atoms with Gasteiger partial charge in [-0.2, -0.15) is 13.2 Å². The second kappa shape index (κ2) is 4.87. The molecule has 0 aromatic heterocycles. The molecule has 3 atom stereocenters. The quantitative estimate of drug-likeness (QED) is 0.617. The number of hydrogen-bond donors (Lipinski definition) is 0. The Kier molecular flexibility index (Phi) is 3.77. The standard InChI is InChI=1S/C14H16BrF3/c1-8-7-10(14(16,17)18)3-4-11(8)12-5-6-13(15)9(12)2/h3-4,7,9,12-13H,5-6H2,1-2H3. The normalized spacial score (nSPS) is 28.7. The first-order valence-corrected chi connectivity index (χ1v) is 7.04. The van der Waals surface area contributed by atoms with Crippen LogP contribution in [0.3, 0.4) is 0 Å². The van der Waals surface area contributed by atoms with E-state index in [0.29, 0.717) is 16.7 Å². The van der Waals surface area contributed by atoms with Crippen LogP contribution in [0, 0.1) is 12.8 Å². The van der Waals surface area contributed by atoms with Gasteiger partial charge in [-0.25, -0.2) is 0 Å². The molecule has 0 radical (unpaired) electrons. The van der Waals surface area contributed by atoms with Gasteiger partial charge in [-0.3, -0.25) is 0 Å². The van der Waals surface area contributed by atoms with Crippen molar-refractivity contribution in [3.63, 3.8) is 0 Å². The van der Waals surface area contributed by atoms with E-state index in [1.54, 1.807) is 13.0 Å². The first-order valence-electron chi connectivity index (χ1n) is 6.12. The number of benzene rings is 1. The molecule has 0 spiro atoms. The Bertz CT molecular complexity index is 439. The second-order valence-electron chi connectivity index (χ2n) is 5.13. The monoisotopic (exact) mass is 320 g/mol. The Morgan fingerprint density at radius 2 is 1.89 bits per heavy atom. The van der Waals surface area contributed by atoms with E-state index in [-0.39, 0.29) is 0 Å². The van der Waals surface area contributed by atoms with E-state index in [1.807, 2.05) is 0 Å². The van der Waals surface area contributed by atoms with Crippen molar-refractivity contribution in [2.24, 2.45) is 5.92 Å². The van der Waals surface area contributed by atoms with Gasteiger partial charge in [-0.05, 0) is 54.9 Å². The van der Waals surface area contributed by atoms with Gasteiger partial charge in [-0.1, -0.05) is 28.9 Å². The summed E-state index contributed by atoms with van der Waals surface area (Å²) in [7, 11) is 0. The van der Waals surface area contributed by atoms with E-state index in [4.69, 9.17) is 0 Å². The highest BCUT2D eigenvalue weighted by Gasteiger charge is 2.35. The Hall–Kier alpha value is -0.510. The molecule has 1 aliphatic carbocycles. The van der Waals surface area contributed by atoms with Crippen LogP contribution in [0.1, 0.15) is 42.4 Å². The summed E-state index contributed by atoms with van der Waals surface area (Å²) < 4.78 is 37.8. The maximum Gasteiger partial charge on any atom is 0.416 e. The first-order chi connectivity index (χ1) is 8.30. The molecule has 3 unspecified atom stereocenters. The lowest BCUT2D eigenvalue weighted by Crippen LogP contribution is -2.11. The lowest BCUT2D eigenvalue weighted by molar-refractivity contribution is -0.137. The van der Waals surface area contributed by atoms with E-state index in [9.17, 15) is 13.2 Å². The summed E-state index contributed by atoms with van der Waals surface area (Å²) in [5.74, 6) is 0.845. The van der Waals surface area contributed by atoms with Gasteiger partial charge in [0.15, 0.2) is 0 Å². The minimum Gasteiger partial charge on any atom is -0.166 e. The van der Waals surface area contributed by atoms with Gasteiger partial charge in [0.2, 0.25) is 0 Å². The molecule has 2 rings (SSSR count). The highest BCUT2D eigenvalue weighted by molar-refractivity contribution is 9.09. The Morgan fingerprint density at radius 3 is 2.33 bits per heavy atom. The van der Waals surface area contributed by atoms with Crippen LogP contribution in [-0.2, 0) is 6.18 Å². The van der Waals surface area contributed by atoms with Crippen LogP contribution in [-0.4, -0.2) is 4.83 Å². The second-order valence-corrected chi connectivity index (χ2v) is 6.30. The van der Waals surface area contributed by atoms with Gasteiger partial charge in [0.1, 0.15) is 0 Å². The van der Waals surface area contributed by atoms with Gasteiger partial charge in [0.05, 0.1) is 5.56 Å². The van der Waals surface area contributed by atoms with Gasteiger partial charge >= 0.3 is 6.18 Å². The summed E-state index contributed by atoms with van der Waals surface area (Å²) >= 11 is 3.63. The molecule has 0 N–H and O–H groups in total. The fourth-order valence-electron chi connectivity index (χ4n) is 2.82. The third-order valence-corrected chi connectivity index (χ3v) is 5.25. The zero-order valence-electron chi connectivity index (χ0n) is 10.4. The van der Waals surface area contributed by atoms with E-state index < -0.39 is 11.7 Å². The largest absolute Gasteiger partial charge is 0.416 e. The van der Waals surface area contributed by atoms with E-state index in [1.165, 1.54) is 12.1 Å². The molecular weight excluding hydrogens is 305 g/mol. The van der Waals surface area contributed by atoms with Crippen molar-refractivity contribution in [2.45, 2.75) is 43.6 Å². The fraction of sp³-hybridized carbons (Fsp3) is 0.571. The molecule has 1 fully saturated rings. The molecule has 1 saturated carbocycles. The Morgan fingerprint density at radius 1 is 1.22 bits per heavy atom. The first kappa shape index (κ1) is 13.9. The molecular formula is C14H16BrF3. The van der Waals surface area contributed by atoms with Crippen molar-refractivity contribution in [3.05, 3.63) is 34.9 Å². The molecule has 1 aromatic rings. The average Bonchev–Trinajstić information content (AvgIpc) is 2.59. The number of aryl methyl sites for hydroxylation is 1. The summed E-state index contributed by atoms with van der Waals surface area (Å²) in [5, 5.41) is 0. The smallest absolute Gasteiger partial charge is 0.166 e. The van der Waals surface area contributed by atoms with Crippen LogP contribution in [0.4, 0.5) is 13.2 Å². The summed E-state index contributed by atoms with van der Waals surface area (Å²) in [6.45, 7) is 3.94. The van der Waals surface area contributed by atoms with E-state index in [0.717, 1.165) is 24.0 Å². The maximum absolute atomic E-state index is 12.6. The van der Waals surface area contributed by atoms with Crippen LogP contribution < -0.4 is 0 Å². The zero-order valence-corrected chi connectivity index (χ0v) is 12.0. The zero-order chi connectivity index (χ0) is 13.5. The predicted molar refractivity (Wildman–Crippen MR) is 70.0 cm³/mol. The van der Waals surface area contributed by atoms with Gasteiger partial charge < -0.3 is 0 Å². The lowest BCUT2D eigenvalue weighted by Gasteiger charge is -2.21. The highest BCUT2D eigenvalue weighted by Crippen LogP contribution is 2.44. The molecule has 0 amide bonds. The predicted octanol–water partition coefficient (Wildman–Crippen LogP) is 5.29. The average molecular weight is 321 g/mol. The van der Waals surface area contributed by atoms with Crippen molar-refractivity contribution in [3.8, 4) is 0 Å². The van der Waals surface area contributed by atoms with Crippen molar-refractivity contribution < 1.29 is 13.2 Å². The molecule has 0 bridgehead atoms. The summed E-state index contributed by atoms with van der Waals surface area (Å²) in [6, 6.07) is 4.13. The van der Waals surface area contributed by atoms with Crippen LogP contribution in [0.2, 0.25) is 0 Å². The third kappa shape index (κ3) is 2.58. The molecule has 0 heterocycles. The van der Waals surface area contributed by atoms with Crippen molar-refractivity contribution in [1.29, 1.82) is 0 Å². The molecule has 4 heteroatoms. The maximum atomic E-state index is 12.6. The third-order valence-electron chi connectivity index (χ3n) is 3.96. The van der Waals surface area contributed by atoms with E-state index in [2.05, 4.69) is 22.9 Å². The molecule has 0 nitrogen and oxygen atoms in total. The lowest BCUT2D eigenvalue weighted by atomic mass is 9.87. The molecule has 1 aromatic carbocycles. The molecule has 18 heavy (non-hydrogen) atoms. The molecule has 1 aliphatic rings. The number of alkyl halides is 4. The van der Waals surface area contributed by atoms with Gasteiger partial charge in [-0.15, -0.1) is 0 Å². The highest BCUT2D eigenvalue weighted by atomic mass is 79.9. The summed E-state index contributed by atoms with van der Waals surface area (Å²) in [6.07, 6.45) is -2.11. The van der Waals surface area contributed by atoms with Crippen LogP contribution in [0.25, 0.3) is 0 Å². The number of halogens is 4. The van der Waals surface area contributed by atoms with Crippen molar-refractivity contribution in [1.82, 2.24) is 0 Å².